The molecule has 1 aliphatic carbocycles. The Labute approximate surface area is 185 Å². The van der Waals surface area contributed by atoms with Crippen LogP contribution in [0.15, 0.2) is 77.9 Å². The van der Waals surface area contributed by atoms with Gasteiger partial charge in [-0.3, -0.25) is 9.59 Å². The highest BCUT2D eigenvalue weighted by Gasteiger charge is 2.28. The van der Waals surface area contributed by atoms with Crippen LogP contribution in [0.2, 0.25) is 0 Å². The van der Waals surface area contributed by atoms with Crippen molar-refractivity contribution in [3.63, 3.8) is 0 Å². The number of carbonyl (C=O) groups excluding carboxylic acids is 2. The van der Waals surface area contributed by atoms with E-state index in [1.54, 1.807) is 36.4 Å². The molecule has 1 saturated heterocycles. The predicted octanol–water partition coefficient (Wildman–Crippen LogP) is 4.39. The number of nitrogens with zero attached hydrogens (tertiary/aromatic N) is 2. The van der Waals surface area contributed by atoms with Crippen molar-refractivity contribution in [3.05, 3.63) is 95.1 Å². The van der Waals surface area contributed by atoms with E-state index < -0.39 is 5.97 Å². The molecule has 1 fully saturated rings. The average Bonchev–Trinajstić information content (AvgIpc) is 3.35. The van der Waals surface area contributed by atoms with Gasteiger partial charge in [-0.15, -0.1) is 5.10 Å². The second kappa shape index (κ2) is 9.25. The molecule has 2 aliphatic rings. The van der Waals surface area contributed by atoms with Gasteiger partial charge in [0.05, 0.1) is 5.56 Å². The van der Waals surface area contributed by atoms with Crippen molar-refractivity contribution < 1.29 is 19.5 Å². The molecule has 0 bridgehead atoms. The van der Waals surface area contributed by atoms with Crippen molar-refractivity contribution in [2.75, 3.05) is 0 Å². The molecule has 6 nitrogen and oxygen atoms in total. The van der Waals surface area contributed by atoms with Gasteiger partial charge in [-0.2, -0.15) is 5.01 Å². The van der Waals surface area contributed by atoms with Crippen LogP contribution < -0.4 is 0 Å². The van der Waals surface area contributed by atoms with Crippen LogP contribution in [-0.4, -0.2) is 33.8 Å². The van der Waals surface area contributed by atoms with Gasteiger partial charge in [0.25, 0.3) is 11.8 Å². The SMILES string of the molecule is O=C(O)c1ccccc1.O=C1CCC(=O)N1N=C=Cc1cccc2c1-c1ccccc1C2. The number of hydrogen-bond donors (Lipinski definition) is 1. The van der Waals surface area contributed by atoms with Crippen LogP contribution in [0.3, 0.4) is 0 Å². The third-order valence-corrected chi connectivity index (χ3v) is 5.27. The van der Waals surface area contributed by atoms with Gasteiger partial charge in [0.15, 0.2) is 0 Å². The van der Waals surface area contributed by atoms with Gasteiger partial charge in [0, 0.05) is 24.8 Å². The molecule has 3 aromatic carbocycles. The fourth-order valence-electron chi connectivity index (χ4n) is 3.75. The molecule has 32 heavy (non-hydrogen) atoms. The Bertz CT molecular complexity index is 1240. The fourth-order valence-corrected chi connectivity index (χ4v) is 3.75. The van der Waals surface area contributed by atoms with Crippen LogP contribution in [0.25, 0.3) is 17.2 Å². The number of aromatic carboxylic acids is 1. The molecular weight excluding hydrogens is 404 g/mol. The first-order valence-corrected chi connectivity index (χ1v) is 10.2. The van der Waals surface area contributed by atoms with Crippen LogP contribution >= 0.6 is 0 Å². The number of carboxylic acids is 1. The third-order valence-electron chi connectivity index (χ3n) is 5.27. The molecule has 0 saturated carbocycles. The zero-order valence-corrected chi connectivity index (χ0v) is 17.2. The van der Waals surface area contributed by atoms with E-state index in [1.165, 1.54) is 22.3 Å². The number of amides is 2. The topological polar surface area (TPSA) is 87.0 Å². The van der Waals surface area contributed by atoms with Gasteiger partial charge < -0.3 is 5.11 Å². The summed E-state index contributed by atoms with van der Waals surface area (Å²) in [6.07, 6.45) is 3.13. The van der Waals surface area contributed by atoms with Crippen molar-refractivity contribution in [2.45, 2.75) is 19.3 Å². The molecule has 6 heteroatoms. The molecule has 2 amide bonds. The summed E-state index contributed by atoms with van der Waals surface area (Å²) in [4.78, 5) is 33.3. The van der Waals surface area contributed by atoms with Gasteiger partial charge >= 0.3 is 5.97 Å². The van der Waals surface area contributed by atoms with E-state index in [0.717, 1.165) is 17.0 Å². The van der Waals surface area contributed by atoms with Crippen molar-refractivity contribution in [2.24, 2.45) is 5.10 Å². The van der Waals surface area contributed by atoms with Crippen molar-refractivity contribution in [1.82, 2.24) is 5.01 Å². The molecule has 158 valence electrons. The molecule has 1 aliphatic heterocycles. The number of hydrogen-bond acceptors (Lipinski definition) is 4. The number of imide groups is 1. The first kappa shape index (κ1) is 21.0. The summed E-state index contributed by atoms with van der Waals surface area (Å²) in [7, 11) is 0. The highest BCUT2D eigenvalue weighted by atomic mass is 16.4. The summed E-state index contributed by atoms with van der Waals surface area (Å²) in [5, 5.41) is 13.2. The molecule has 1 N–H and O–H groups in total. The minimum atomic E-state index is -0.879. The van der Waals surface area contributed by atoms with E-state index in [1.807, 2.05) is 24.3 Å². The standard InChI is InChI=1S/C19H14N2O2.C7H6O2/c22-17-8-9-18(23)21(17)20-11-10-13-5-3-6-15-12-14-4-1-2-7-16(14)19(13)15;8-7(9)6-4-2-1-3-5-6/h1-7,10H,8-9,12H2;1-5H,(H,8,9). The Kier molecular flexibility index (Phi) is 6.06. The summed E-state index contributed by atoms with van der Waals surface area (Å²) in [5.74, 6) is 1.34. The molecule has 0 aromatic heterocycles. The number of carbonyl (C=O) groups is 3. The van der Waals surface area contributed by atoms with Gasteiger partial charge in [0.1, 0.15) is 0 Å². The maximum Gasteiger partial charge on any atom is 0.335 e. The van der Waals surface area contributed by atoms with Crippen LogP contribution in [0, 0.1) is 0 Å². The van der Waals surface area contributed by atoms with Crippen LogP contribution in [0.5, 0.6) is 0 Å². The maximum atomic E-state index is 11.5. The molecule has 0 atom stereocenters. The lowest BCUT2D eigenvalue weighted by atomic mass is 10.00. The fraction of sp³-hybridized carbons (Fsp3) is 0.115. The second-order valence-corrected chi connectivity index (χ2v) is 7.36. The summed E-state index contributed by atoms with van der Waals surface area (Å²) >= 11 is 0. The molecule has 0 radical (unpaired) electrons. The normalized spacial score (nSPS) is 13.4. The number of carboxylic acid groups (broad SMARTS) is 1. The van der Waals surface area contributed by atoms with Crippen molar-refractivity contribution >= 4 is 29.7 Å². The highest BCUT2D eigenvalue weighted by Crippen LogP contribution is 2.38. The summed E-state index contributed by atoms with van der Waals surface area (Å²) in [6, 6.07) is 22.8. The predicted molar refractivity (Wildman–Crippen MR) is 121 cm³/mol. The van der Waals surface area contributed by atoms with E-state index in [9.17, 15) is 14.4 Å². The maximum absolute atomic E-state index is 11.5. The molecule has 0 unspecified atom stereocenters. The van der Waals surface area contributed by atoms with Crippen LogP contribution in [-0.2, 0) is 16.0 Å². The average molecular weight is 424 g/mol. The summed E-state index contributed by atoms with van der Waals surface area (Å²) in [6.45, 7) is 0. The first-order chi connectivity index (χ1) is 15.5. The van der Waals surface area contributed by atoms with Gasteiger partial charge in [-0.1, -0.05) is 60.7 Å². The summed E-state index contributed by atoms with van der Waals surface area (Å²) in [5.41, 5.74) is 6.32. The Morgan fingerprint density at radius 3 is 2.22 bits per heavy atom. The zero-order valence-electron chi connectivity index (χ0n) is 17.2. The minimum Gasteiger partial charge on any atom is -0.478 e. The monoisotopic (exact) mass is 424 g/mol. The number of fused-ring (bicyclic) bond motifs is 3. The lowest BCUT2D eigenvalue weighted by Gasteiger charge is -2.05. The third kappa shape index (κ3) is 4.41. The smallest absolute Gasteiger partial charge is 0.335 e. The van der Waals surface area contributed by atoms with E-state index in [4.69, 9.17) is 5.11 Å². The van der Waals surface area contributed by atoms with Crippen molar-refractivity contribution in [1.29, 1.82) is 0 Å². The van der Waals surface area contributed by atoms with Crippen LogP contribution in [0.4, 0.5) is 0 Å². The Balaban J connectivity index is 0.000000230. The Morgan fingerprint density at radius 1 is 0.875 bits per heavy atom. The van der Waals surface area contributed by atoms with Gasteiger partial charge in [-0.25, -0.2) is 4.79 Å². The van der Waals surface area contributed by atoms with Gasteiger partial charge in [0.2, 0.25) is 0 Å². The molecule has 3 aromatic rings. The Hall–Kier alpha value is -4.28. The Morgan fingerprint density at radius 2 is 1.53 bits per heavy atom. The zero-order chi connectivity index (χ0) is 22.5. The minimum absolute atomic E-state index is 0.234. The van der Waals surface area contributed by atoms with Crippen molar-refractivity contribution in [3.8, 4) is 11.1 Å². The lowest BCUT2D eigenvalue weighted by Crippen LogP contribution is -2.22. The second-order valence-electron chi connectivity index (χ2n) is 7.36. The lowest BCUT2D eigenvalue weighted by molar-refractivity contribution is -0.138. The van der Waals surface area contributed by atoms with E-state index in [-0.39, 0.29) is 24.7 Å². The number of hydrazone groups is 1. The van der Waals surface area contributed by atoms with Gasteiger partial charge in [-0.05, 0) is 46.4 Å². The largest absolute Gasteiger partial charge is 0.478 e. The summed E-state index contributed by atoms with van der Waals surface area (Å²) < 4.78 is 0. The molecule has 5 rings (SSSR count). The first-order valence-electron chi connectivity index (χ1n) is 10.2. The molecular formula is C26H20N2O4. The van der Waals surface area contributed by atoms with E-state index in [0.29, 0.717) is 5.56 Å². The number of rotatable bonds is 3. The molecule has 1 heterocycles. The highest BCUT2D eigenvalue weighted by molar-refractivity contribution is 6.02. The number of benzene rings is 3. The molecule has 0 spiro atoms. The van der Waals surface area contributed by atoms with Crippen LogP contribution in [0.1, 0.15) is 39.9 Å². The van der Waals surface area contributed by atoms with E-state index in [2.05, 4.69) is 29.2 Å². The van der Waals surface area contributed by atoms with E-state index >= 15 is 0 Å². The quantitative estimate of drug-likeness (QED) is 0.390.